The number of aliphatic hydroxyl groups excluding tert-OH is 1. The lowest BCUT2D eigenvalue weighted by Crippen LogP contribution is -2.56. The molecule has 1 amide bonds. The predicted octanol–water partition coefficient (Wildman–Crippen LogP) is 1.76. The minimum atomic E-state index is -0.719. The number of hydrogen-bond donors (Lipinski definition) is 2. The number of benzene rings is 2. The van der Waals surface area contributed by atoms with E-state index in [2.05, 4.69) is 10.2 Å². The molecule has 1 fully saturated rings. The number of para-hydroxylation sites is 1. The molecule has 2 aliphatic heterocycles. The zero-order chi connectivity index (χ0) is 21.0. The molecule has 0 bridgehead atoms. The molecule has 0 aliphatic carbocycles. The monoisotopic (exact) mass is 416 g/mol. The maximum Gasteiger partial charge on any atom is 0.251 e. The largest absolute Gasteiger partial charge is 0.481 e. The molecule has 0 spiro atoms. The van der Waals surface area contributed by atoms with E-state index >= 15 is 4.48 Å². The molecule has 2 aliphatic rings. The average Bonchev–Trinajstić information content (AvgIpc) is 2.80. The standard InChI is InChI=1S/C22H26FN3O4/c23-26(19-7-4-8-20-21(19)29-16-18(15-27)30-20)13-11-25(12-14-26)10-9-24-22(28)17-5-2-1-3-6-17/h1-8,18,27H,9-16H2/p+1. The molecule has 160 valence electrons. The number of fused-ring (bicyclic) bond motifs is 1. The normalized spacial score (nSPS) is 20.5. The van der Waals surface area contributed by atoms with E-state index in [-0.39, 0.29) is 32.2 Å². The van der Waals surface area contributed by atoms with Crippen LogP contribution in [-0.2, 0) is 0 Å². The molecule has 8 heteroatoms. The third-order valence-electron chi connectivity index (χ3n) is 5.59. The topological polar surface area (TPSA) is 71.0 Å². The lowest BCUT2D eigenvalue weighted by atomic mass is 10.2. The molecular weight excluding hydrogens is 389 g/mol. The first-order valence-electron chi connectivity index (χ1n) is 10.3. The molecule has 1 saturated heterocycles. The molecular formula is C22H27FN3O4+. The van der Waals surface area contributed by atoms with Crippen LogP contribution in [0.3, 0.4) is 0 Å². The average molecular weight is 416 g/mol. The number of amides is 1. The second-order valence-electron chi connectivity index (χ2n) is 7.61. The summed E-state index contributed by atoms with van der Waals surface area (Å²) in [5.41, 5.74) is 1.09. The fourth-order valence-corrected chi connectivity index (χ4v) is 3.84. The number of piperazine rings is 1. The molecule has 7 nitrogen and oxygen atoms in total. The Hall–Kier alpha value is -2.68. The van der Waals surface area contributed by atoms with E-state index in [0.717, 1.165) is 0 Å². The Kier molecular flexibility index (Phi) is 6.17. The lowest BCUT2D eigenvalue weighted by Gasteiger charge is -2.37. The van der Waals surface area contributed by atoms with Gasteiger partial charge in [0.05, 0.1) is 19.7 Å². The van der Waals surface area contributed by atoms with Gasteiger partial charge in [0.15, 0.2) is 11.9 Å². The minimum absolute atomic E-state index is 0.0996. The Morgan fingerprint density at radius 3 is 2.67 bits per heavy atom. The molecule has 2 N–H and O–H groups in total. The van der Waals surface area contributed by atoms with Crippen LogP contribution in [0.5, 0.6) is 11.5 Å². The van der Waals surface area contributed by atoms with Crippen LogP contribution in [0.15, 0.2) is 48.5 Å². The molecule has 0 radical (unpaired) electrons. The van der Waals surface area contributed by atoms with E-state index in [1.807, 2.05) is 18.2 Å². The maximum atomic E-state index is 15.8. The van der Waals surface area contributed by atoms with Gasteiger partial charge in [-0.15, -0.1) is 0 Å². The second kappa shape index (κ2) is 8.99. The highest BCUT2D eigenvalue weighted by Gasteiger charge is 2.41. The van der Waals surface area contributed by atoms with Gasteiger partial charge in [-0.05, 0) is 18.2 Å². The predicted molar refractivity (Wildman–Crippen MR) is 111 cm³/mol. The summed E-state index contributed by atoms with van der Waals surface area (Å²) >= 11 is 0. The van der Waals surface area contributed by atoms with Crippen LogP contribution < -0.4 is 19.5 Å². The summed E-state index contributed by atoms with van der Waals surface area (Å²) in [6.45, 7) is 2.96. The molecule has 30 heavy (non-hydrogen) atoms. The Balaban J connectivity index is 1.31. The molecule has 2 heterocycles. The lowest BCUT2D eigenvalue weighted by molar-refractivity contribution is -0.0189. The van der Waals surface area contributed by atoms with Crippen molar-refractivity contribution in [3.8, 4) is 11.5 Å². The SMILES string of the molecule is O=C(NCCN1CC[N+](F)(c2cccc3c2OCC(CO)O3)CC1)c1ccccc1. The third-order valence-corrected chi connectivity index (χ3v) is 5.59. The van der Waals surface area contributed by atoms with Crippen molar-refractivity contribution in [2.75, 3.05) is 52.5 Å². The molecule has 0 aromatic heterocycles. The Morgan fingerprint density at radius 1 is 1.17 bits per heavy atom. The van der Waals surface area contributed by atoms with Gasteiger partial charge >= 0.3 is 0 Å². The van der Waals surface area contributed by atoms with Crippen LogP contribution in [0, 0.1) is 0 Å². The quantitative estimate of drug-likeness (QED) is 0.703. The molecule has 2 aromatic rings. The second-order valence-corrected chi connectivity index (χ2v) is 7.61. The first-order chi connectivity index (χ1) is 14.6. The highest BCUT2D eigenvalue weighted by atomic mass is 19.2. The summed E-state index contributed by atoms with van der Waals surface area (Å²) in [5.74, 6) is 0.796. The van der Waals surface area contributed by atoms with Crippen molar-refractivity contribution < 1.29 is 23.9 Å². The smallest absolute Gasteiger partial charge is 0.251 e. The van der Waals surface area contributed by atoms with E-state index in [0.29, 0.717) is 48.9 Å². The highest BCUT2D eigenvalue weighted by molar-refractivity contribution is 5.94. The van der Waals surface area contributed by atoms with Crippen LogP contribution in [0.25, 0.3) is 0 Å². The van der Waals surface area contributed by atoms with Gasteiger partial charge in [-0.3, -0.25) is 9.69 Å². The van der Waals surface area contributed by atoms with Gasteiger partial charge in [-0.2, -0.15) is 0 Å². The van der Waals surface area contributed by atoms with Gasteiger partial charge in [0.1, 0.15) is 19.7 Å². The maximum absolute atomic E-state index is 15.8. The molecule has 0 saturated carbocycles. The first kappa shape index (κ1) is 20.6. The number of halogens is 1. The van der Waals surface area contributed by atoms with E-state index in [1.165, 1.54) is 0 Å². The summed E-state index contributed by atoms with van der Waals surface area (Å²) in [6, 6.07) is 14.3. The molecule has 2 aromatic carbocycles. The minimum Gasteiger partial charge on any atom is -0.481 e. The van der Waals surface area contributed by atoms with Gasteiger partial charge in [0, 0.05) is 29.2 Å². The van der Waals surface area contributed by atoms with Crippen LogP contribution in [0.4, 0.5) is 10.2 Å². The molecule has 4 rings (SSSR count). The summed E-state index contributed by atoms with van der Waals surface area (Å²) in [4.78, 5) is 14.3. The summed E-state index contributed by atoms with van der Waals surface area (Å²) in [5, 5.41) is 12.2. The Morgan fingerprint density at radius 2 is 1.93 bits per heavy atom. The fourth-order valence-electron chi connectivity index (χ4n) is 3.84. The fraction of sp³-hybridized carbons (Fsp3) is 0.409. The number of nitrogens with one attached hydrogen (secondary N) is 1. The van der Waals surface area contributed by atoms with Crippen molar-refractivity contribution in [3.05, 3.63) is 54.1 Å². The van der Waals surface area contributed by atoms with Crippen molar-refractivity contribution in [1.82, 2.24) is 14.9 Å². The van der Waals surface area contributed by atoms with Crippen LogP contribution in [-0.4, -0.2) is 74.5 Å². The zero-order valence-electron chi connectivity index (χ0n) is 16.8. The van der Waals surface area contributed by atoms with Crippen molar-refractivity contribution in [3.63, 3.8) is 0 Å². The number of rotatable bonds is 6. The van der Waals surface area contributed by atoms with Crippen LogP contribution >= 0.6 is 0 Å². The number of carbonyl (C=O) groups is 1. The van der Waals surface area contributed by atoms with Gasteiger partial charge < -0.3 is 19.9 Å². The van der Waals surface area contributed by atoms with Crippen LogP contribution in [0.1, 0.15) is 10.4 Å². The number of aliphatic hydroxyl groups is 1. The number of quaternary nitrogens is 1. The van der Waals surface area contributed by atoms with E-state index in [9.17, 15) is 9.90 Å². The number of hydrogen-bond acceptors (Lipinski definition) is 5. The Bertz CT molecular complexity index is 872. The van der Waals surface area contributed by atoms with Gasteiger partial charge in [0.2, 0.25) is 11.4 Å². The third kappa shape index (κ3) is 4.40. The van der Waals surface area contributed by atoms with E-state index in [4.69, 9.17) is 9.47 Å². The van der Waals surface area contributed by atoms with Crippen molar-refractivity contribution in [1.29, 1.82) is 0 Å². The highest BCUT2D eigenvalue weighted by Crippen LogP contribution is 2.44. The zero-order valence-corrected chi connectivity index (χ0v) is 16.8. The number of nitrogens with zero attached hydrogens (tertiary/aromatic N) is 2. The summed E-state index contributed by atoms with van der Waals surface area (Å²) in [6.07, 6.45) is -0.427. The van der Waals surface area contributed by atoms with Gasteiger partial charge in [0.25, 0.3) is 5.91 Å². The summed E-state index contributed by atoms with van der Waals surface area (Å²) in [7, 11) is 0. The van der Waals surface area contributed by atoms with E-state index in [1.54, 1.807) is 30.3 Å². The van der Waals surface area contributed by atoms with Crippen LogP contribution in [0.2, 0.25) is 0 Å². The number of carbonyl (C=O) groups excluding carboxylic acids is 1. The number of ether oxygens (including phenoxy) is 2. The Labute approximate surface area is 175 Å². The van der Waals surface area contributed by atoms with Gasteiger partial charge in [-0.25, -0.2) is 0 Å². The van der Waals surface area contributed by atoms with Crippen molar-refractivity contribution in [2.24, 2.45) is 0 Å². The first-order valence-corrected chi connectivity index (χ1v) is 10.3. The molecule has 1 atom stereocenters. The van der Waals surface area contributed by atoms with Crippen molar-refractivity contribution in [2.45, 2.75) is 6.10 Å². The van der Waals surface area contributed by atoms with E-state index < -0.39 is 10.8 Å². The van der Waals surface area contributed by atoms with Crippen molar-refractivity contribution >= 4 is 11.6 Å². The van der Waals surface area contributed by atoms with Gasteiger partial charge in [-0.1, -0.05) is 29.0 Å². The summed E-state index contributed by atoms with van der Waals surface area (Å²) < 4.78 is 26.5. The molecule has 1 unspecified atom stereocenters.